The molecule has 0 aliphatic carbocycles. The molecule has 2 rings (SSSR count). The van der Waals surface area contributed by atoms with Crippen LogP contribution in [-0.2, 0) is 9.53 Å². The molecule has 1 aliphatic heterocycles. The standard InChI is InChI=1S/C12H17N3O4/c1-18-8-12(7-10(13)16)4-2-5-15(12)11(17)9-3-6-19-14-9/h3,6H,2,4-5,7-8H2,1H3,(H2,13,16)/t12-/m1/s1. The van der Waals surface area contributed by atoms with Crippen LogP contribution in [0, 0.1) is 0 Å². The van der Waals surface area contributed by atoms with Crippen LogP contribution in [0.4, 0.5) is 0 Å². The number of nitrogens with two attached hydrogens (primary N) is 1. The molecule has 1 aromatic rings. The number of hydrogen-bond donors (Lipinski definition) is 1. The van der Waals surface area contributed by atoms with Gasteiger partial charge in [-0.3, -0.25) is 9.59 Å². The summed E-state index contributed by atoms with van der Waals surface area (Å²) >= 11 is 0. The minimum Gasteiger partial charge on any atom is -0.382 e. The highest BCUT2D eigenvalue weighted by molar-refractivity contribution is 5.93. The van der Waals surface area contributed by atoms with Gasteiger partial charge in [-0.15, -0.1) is 0 Å². The number of hydrogen-bond acceptors (Lipinski definition) is 5. The molecule has 0 unspecified atom stereocenters. The maximum absolute atomic E-state index is 12.4. The second kappa shape index (κ2) is 5.40. The van der Waals surface area contributed by atoms with Gasteiger partial charge in [0.15, 0.2) is 5.69 Å². The van der Waals surface area contributed by atoms with E-state index in [1.165, 1.54) is 12.3 Å². The summed E-state index contributed by atoms with van der Waals surface area (Å²) in [6.45, 7) is 0.835. The van der Waals surface area contributed by atoms with E-state index in [4.69, 9.17) is 10.5 Å². The summed E-state index contributed by atoms with van der Waals surface area (Å²) in [7, 11) is 1.54. The van der Waals surface area contributed by atoms with Gasteiger partial charge in [0, 0.05) is 19.7 Å². The molecule has 0 aromatic carbocycles. The quantitative estimate of drug-likeness (QED) is 0.820. The maximum atomic E-state index is 12.4. The molecule has 0 saturated carbocycles. The Morgan fingerprint density at radius 2 is 2.42 bits per heavy atom. The molecule has 1 atom stereocenters. The summed E-state index contributed by atoms with van der Waals surface area (Å²) < 4.78 is 9.87. The fraction of sp³-hybridized carbons (Fsp3) is 0.583. The summed E-state index contributed by atoms with van der Waals surface area (Å²) in [5.74, 6) is -0.707. The highest BCUT2D eigenvalue weighted by Gasteiger charge is 2.45. The van der Waals surface area contributed by atoms with E-state index >= 15 is 0 Å². The Bertz CT molecular complexity index is 460. The summed E-state index contributed by atoms with van der Waals surface area (Å²) in [5.41, 5.74) is 4.86. The first-order chi connectivity index (χ1) is 9.09. The lowest BCUT2D eigenvalue weighted by Crippen LogP contribution is -2.52. The molecular formula is C12H17N3O4. The molecule has 2 N–H and O–H groups in total. The Labute approximate surface area is 110 Å². The Kier molecular flexibility index (Phi) is 3.84. The van der Waals surface area contributed by atoms with E-state index < -0.39 is 11.4 Å². The lowest BCUT2D eigenvalue weighted by Gasteiger charge is -2.36. The van der Waals surface area contributed by atoms with Gasteiger partial charge in [-0.05, 0) is 12.8 Å². The number of amides is 2. The summed E-state index contributed by atoms with van der Waals surface area (Å²) in [6.07, 6.45) is 2.92. The first-order valence-electron chi connectivity index (χ1n) is 6.09. The Morgan fingerprint density at radius 1 is 1.63 bits per heavy atom. The van der Waals surface area contributed by atoms with Gasteiger partial charge >= 0.3 is 0 Å². The van der Waals surface area contributed by atoms with Crippen LogP contribution in [0.1, 0.15) is 29.8 Å². The number of aromatic nitrogens is 1. The molecule has 1 aliphatic rings. The molecule has 2 heterocycles. The van der Waals surface area contributed by atoms with Crippen LogP contribution in [0.15, 0.2) is 16.9 Å². The van der Waals surface area contributed by atoms with Crippen LogP contribution in [0.25, 0.3) is 0 Å². The van der Waals surface area contributed by atoms with Crippen molar-refractivity contribution in [3.05, 3.63) is 18.0 Å². The fourth-order valence-corrected chi connectivity index (χ4v) is 2.69. The number of nitrogens with zero attached hydrogens (tertiary/aromatic N) is 2. The highest BCUT2D eigenvalue weighted by atomic mass is 16.5. The van der Waals surface area contributed by atoms with E-state index in [0.29, 0.717) is 13.0 Å². The topological polar surface area (TPSA) is 98.7 Å². The molecular weight excluding hydrogens is 250 g/mol. The zero-order valence-electron chi connectivity index (χ0n) is 10.8. The minimum absolute atomic E-state index is 0.0877. The minimum atomic E-state index is -0.670. The SMILES string of the molecule is COC[C@]1(CC(N)=O)CCCN1C(=O)c1ccon1. The average Bonchev–Trinajstić information content (AvgIpc) is 2.97. The van der Waals surface area contributed by atoms with E-state index in [0.717, 1.165) is 6.42 Å². The van der Waals surface area contributed by atoms with Crippen molar-refractivity contribution in [2.75, 3.05) is 20.3 Å². The zero-order valence-corrected chi connectivity index (χ0v) is 10.8. The lowest BCUT2D eigenvalue weighted by atomic mass is 9.92. The number of ether oxygens (including phenoxy) is 1. The van der Waals surface area contributed by atoms with Crippen LogP contribution >= 0.6 is 0 Å². The van der Waals surface area contributed by atoms with E-state index in [9.17, 15) is 9.59 Å². The average molecular weight is 267 g/mol. The smallest absolute Gasteiger partial charge is 0.276 e. The molecule has 0 radical (unpaired) electrons. The predicted octanol–water partition coefficient (Wildman–Crippen LogP) is 0.171. The molecule has 7 nitrogen and oxygen atoms in total. The number of likely N-dealkylation sites (tertiary alicyclic amines) is 1. The molecule has 1 fully saturated rings. The van der Waals surface area contributed by atoms with Gasteiger partial charge < -0.3 is 19.9 Å². The van der Waals surface area contributed by atoms with Crippen LogP contribution in [-0.4, -0.2) is 47.7 Å². The van der Waals surface area contributed by atoms with Crippen molar-refractivity contribution in [1.82, 2.24) is 10.1 Å². The monoisotopic (exact) mass is 267 g/mol. The number of carbonyl (C=O) groups is 2. The second-order valence-electron chi connectivity index (χ2n) is 4.75. The van der Waals surface area contributed by atoms with Gasteiger partial charge in [-0.2, -0.15) is 0 Å². The van der Waals surface area contributed by atoms with E-state index in [1.807, 2.05) is 0 Å². The molecule has 1 saturated heterocycles. The van der Waals surface area contributed by atoms with Crippen LogP contribution in [0.2, 0.25) is 0 Å². The molecule has 1 aromatic heterocycles. The normalized spacial score (nSPS) is 22.7. The van der Waals surface area contributed by atoms with Crippen LogP contribution in [0.5, 0.6) is 0 Å². The second-order valence-corrected chi connectivity index (χ2v) is 4.75. The number of rotatable bonds is 5. The molecule has 2 amide bonds. The van der Waals surface area contributed by atoms with Crippen LogP contribution < -0.4 is 5.73 Å². The molecule has 0 bridgehead atoms. The summed E-state index contributed by atoms with van der Waals surface area (Å²) in [4.78, 5) is 25.3. The molecule has 104 valence electrons. The molecule has 19 heavy (non-hydrogen) atoms. The van der Waals surface area contributed by atoms with Crippen molar-refractivity contribution in [2.24, 2.45) is 5.73 Å². The summed E-state index contributed by atoms with van der Waals surface area (Å²) in [5, 5.41) is 3.64. The zero-order chi connectivity index (χ0) is 13.9. The highest BCUT2D eigenvalue weighted by Crippen LogP contribution is 2.33. The van der Waals surface area contributed by atoms with E-state index in [1.54, 1.807) is 12.0 Å². The lowest BCUT2D eigenvalue weighted by molar-refractivity contribution is -0.121. The van der Waals surface area contributed by atoms with Crippen molar-refractivity contribution in [3.63, 3.8) is 0 Å². The van der Waals surface area contributed by atoms with Crippen molar-refractivity contribution < 1.29 is 18.8 Å². The summed E-state index contributed by atoms with van der Waals surface area (Å²) in [6, 6.07) is 1.50. The van der Waals surface area contributed by atoms with E-state index in [-0.39, 0.29) is 24.6 Å². The van der Waals surface area contributed by atoms with Crippen molar-refractivity contribution in [2.45, 2.75) is 24.8 Å². The Hall–Kier alpha value is -1.89. The largest absolute Gasteiger partial charge is 0.382 e. The van der Waals surface area contributed by atoms with Crippen LogP contribution in [0.3, 0.4) is 0 Å². The van der Waals surface area contributed by atoms with Gasteiger partial charge in [0.25, 0.3) is 5.91 Å². The third-order valence-corrected chi connectivity index (χ3v) is 3.41. The van der Waals surface area contributed by atoms with Gasteiger partial charge in [0.1, 0.15) is 6.26 Å². The first-order valence-corrected chi connectivity index (χ1v) is 6.09. The first kappa shape index (κ1) is 13.5. The number of primary amides is 1. The maximum Gasteiger partial charge on any atom is 0.276 e. The Balaban J connectivity index is 2.26. The van der Waals surface area contributed by atoms with Gasteiger partial charge in [0.05, 0.1) is 18.6 Å². The number of carbonyl (C=O) groups excluding carboxylic acids is 2. The molecule has 7 heteroatoms. The van der Waals surface area contributed by atoms with Crippen molar-refractivity contribution in [1.29, 1.82) is 0 Å². The van der Waals surface area contributed by atoms with Gasteiger partial charge in [0.2, 0.25) is 5.91 Å². The number of methoxy groups -OCH3 is 1. The third kappa shape index (κ3) is 2.60. The predicted molar refractivity (Wildman–Crippen MR) is 65.2 cm³/mol. The van der Waals surface area contributed by atoms with Gasteiger partial charge in [-0.1, -0.05) is 5.16 Å². The molecule has 0 spiro atoms. The van der Waals surface area contributed by atoms with Crippen molar-refractivity contribution in [3.8, 4) is 0 Å². The Morgan fingerprint density at radius 3 is 3.00 bits per heavy atom. The third-order valence-electron chi connectivity index (χ3n) is 3.41. The fourth-order valence-electron chi connectivity index (χ4n) is 2.69. The van der Waals surface area contributed by atoms with E-state index in [2.05, 4.69) is 9.68 Å². The van der Waals surface area contributed by atoms with Gasteiger partial charge in [-0.25, -0.2) is 0 Å². The van der Waals surface area contributed by atoms with Crippen molar-refractivity contribution >= 4 is 11.8 Å².